The second-order valence-corrected chi connectivity index (χ2v) is 17.4. The number of unbranched alkanes of at least 4 members (excludes halogenated alkanes) is 25. The van der Waals surface area contributed by atoms with Crippen LogP contribution >= 0.6 is 0 Å². The molecule has 0 rings (SSSR count). The lowest BCUT2D eigenvalue weighted by molar-refractivity contribution is -0.138. The summed E-state index contributed by atoms with van der Waals surface area (Å²) in [4.78, 5) is 47.5. The molecule has 61 heavy (non-hydrogen) atoms. The van der Waals surface area contributed by atoms with Gasteiger partial charge in [0, 0.05) is 25.9 Å². The van der Waals surface area contributed by atoms with Crippen molar-refractivity contribution >= 4 is 23.9 Å². The number of aliphatic hydroxyl groups is 1. The van der Waals surface area contributed by atoms with Crippen molar-refractivity contribution in [3.05, 3.63) is 0 Å². The molecule has 0 heterocycles. The lowest BCUT2D eigenvalue weighted by Gasteiger charge is -2.24. The van der Waals surface area contributed by atoms with E-state index in [4.69, 9.17) is 9.84 Å². The van der Waals surface area contributed by atoms with Crippen LogP contribution in [-0.4, -0.2) is 92.1 Å². The minimum atomic E-state index is -0.965. The maximum Gasteiger partial charge on any atom is 0.407 e. The van der Waals surface area contributed by atoms with E-state index in [1.54, 1.807) is 0 Å². The summed E-state index contributed by atoms with van der Waals surface area (Å²) in [5, 5.41) is 35.0. The molecule has 0 unspecified atom stereocenters. The Hall–Kier alpha value is -2.44. The van der Waals surface area contributed by atoms with Gasteiger partial charge >= 0.3 is 12.1 Å². The number of carbonyl (C=O) groups is 4. The van der Waals surface area contributed by atoms with Crippen molar-refractivity contribution in [3.63, 3.8) is 0 Å². The summed E-state index contributed by atoms with van der Waals surface area (Å²) >= 11 is 0. The number of carboxylic acid groups (broad SMARTS) is 1. The number of alkyl carbamates (subject to hydrolysis) is 1. The Kier molecular flexibility index (Phi) is 45.2. The maximum absolute atomic E-state index is 12.9. The van der Waals surface area contributed by atoms with Gasteiger partial charge in [0.25, 0.3) is 0 Å². The molecule has 0 saturated heterocycles. The number of hydrogen-bond donors (Lipinski definition) is 7. The number of carbonyl (C=O) groups excluding carboxylic acids is 3. The standard InChI is InChI=1S/C49H97N5O7/c1-3-5-7-9-11-13-15-17-19-21-23-25-27-33-45(55)44(54-47(57)34-28-26-24-22-20-18-16-14-12-10-8-6-4-2)43-61-49(60)53-42-32-40-51-38-30-29-37-50-39-31-41-52-46(56)35-36-48(58)59/h44-45,50-51,55H,3-43H2,1-2H3,(H,52,56)(H,53,60)(H,54,57)(H,58,59)/t44-,45+/m0/s1. The number of hydrogen-bond acceptors (Lipinski definition) is 8. The molecule has 0 aromatic heterocycles. The summed E-state index contributed by atoms with van der Waals surface area (Å²) < 4.78 is 5.51. The van der Waals surface area contributed by atoms with Crippen molar-refractivity contribution in [2.24, 2.45) is 0 Å². The first-order valence-electron chi connectivity index (χ1n) is 25.6. The topological polar surface area (TPSA) is 178 Å². The van der Waals surface area contributed by atoms with Gasteiger partial charge in [0.1, 0.15) is 6.61 Å². The number of carboxylic acids is 1. The molecule has 0 fully saturated rings. The highest BCUT2D eigenvalue weighted by Crippen LogP contribution is 2.16. The zero-order chi connectivity index (χ0) is 44.7. The predicted molar refractivity (Wildman–Crippen MR) is 252 cm³/mol. The SMILES string of the molecule is CCCCCCCCCCCCCCCC(=O)N[C@@H](COC(=O)NCCCNCCCCNCCCNC(=O)CCC(=O)O)[C@H](O)CCCCCCCCCCCCCCC. The molecule has 12 nitrogen and oxygen atoms in total. The first kappa shape index (κ1) is 58.6. The number of nitrogens with one attached hydrogen (secondary N) is 5. The highest BCUT2D eigenvalue weighted by Gasteiger charge is 2.23. The summed E-state index contributed by atoms with van der Waals surface area (Å²) in [6.07, 6.45) is 35.9. The Morgan fingerprint density at radius 2 is 0.852 bits per heavy atom. The molecule has 0 aliphatic heterocycles. The van der Waals surface area contributed by atoms with Crippen LogP contribution in [0.25, 0.3) is 0 Å². The van der Waals surface area contributed by atoms with E-state index in [9.17, 15) is 24.3 Å². The zero-order valence-corrected chi connectivity index (χ0v) is 39.6. The van der Waals surface area contributed by atoms with Crippen molar-refractivity contribution in [1.82, 2.24) is 26.6 Å². The Morgan fingerprint density at radius 3 is 1.31 bits per heavy atom. The summed E-state index contributed by atoms with van der Waals surface area (Å²) in [7, 11) is 0. The zero-order valence-electron chi connectivity index (χ0n) is 39.6. The van der Waals surface area contributed by atoms with Gasteiger partial charge in [-0.3, -0.25) is 14.4 Å². The number of ether oxygens (including phenoxy) is 1. The highest BCUT2D eigenvalue weighted by atomic mass is 16.5. The molecule has 0 bridgehead atoms. The van der Waals surface area contributed by atoms with E-state index in [0.29, 0.717) is 25.9 Å². The summed E-state index contributed by atoms with van der Waals surface area (Å²) in [6.45, 7) is 8.80. The van der Waals surface area contributed by atoms with Crippen LogP contribution in [0.4, 0.5) is 4.79 Å². The molecule has 0 saturated carbocycles. The van der Waals surface area contributed by atoms with Crippen LogP contribution in [0.3, 0.4) is 0 Å². The maximum atomic E-state index is 12.9. The van der Waals surface area contributed by atoms with E-state index in [1.165, 1.54) is 128 Å². The minimum absolute atomic E-state index is 0.0153. The van der Waals surface area contributed by atoms with Crippen molar-refractivity contribution < 1.29 is 34.1 Å². The van der Waals surface area contributed by atoms with Crippen LogP contribution in [0, 0.1) is 0 Å². The molecular weight excluding hydrogens is 771 g/mol. The first-order chi connectivity index (χ1) is 29.8. The average Bonchev–Trinajstić information content (AvgIpc) is 3.24. The van der Waals surface area contributed by atoms with Gasteiger partial charge in [-0.05, 0) is 64.7 Å². The Morgan fingerprint density at radius 1 is 0.443 bits per heavy atom. The fraction of sp³-hybridized carbons (Fsp3) is 0.918. The predicted octanol–water partition coefficient (Wildman–Crippen LogP) is 10.2. The molecule has 7 N–H and O–H groups in total. The number of amides is 3. The van der Waals surface area contributed by atoms with Gasteiger partial charge in [0.15, 0.2) is 0 Å². The van der Waals surface area contributed by atoms with Crippen molar-refractivity contribution in [2.75, 3.05) is 45.9 Å². The van der Waals surface area contributed by atoms with Crippen LogP contribution in [0.5, 0.6) is 0 Å². The smallest absolute Gasteiger partial charge is 0.407 e. The molecule has 0 aromatic carbocycles. The van der Waals surface area contributed by atoms with E-state index in [1.807, 2.05) is 0 Å². The van der Waals surface area contributed by atoms with Crippen LogP contribution in [0.15, 0.2) is 0 Å². The Balaban J connectivity index is 4.29. The fourth-order valence-corrected chi connectivity index (χ4v) is 7.52. The van der Waals surface area contributed by atoms with Gasteiger partial charge in [-0.25, -0.2) is 4.79 Å². The third kappa shape index (κ3) is 45.4. The number of rotatable bonds is 48. The van der Waals surface area contributed by atoms with Crippen LogP contribution in [0.1, 0.15) is 232 Å². The van der Waals surface area contributed by atoms with E-state index >= 15 is 0 Å². The van der Waals surface area contributed by atoms with Crippen LogP contribution in [0.2, 0.25) is 0 Å². The van der Waals surface area contributed by atoms with Crippen molar-refractivity contribution in [3.8, 4) is 0 Å². The molecule has 2 atom stereocenters. The quantitative estimate of drug-likeness (QED) is 0.0293. The summed E-state index contributed by atoms with van der Waals surface area (Å²) in [5.74, 6) is -1.27. The van der Waals surface area contributed by atoms with Gasteiger partial charge in [0.2, 0.25) is 11.8 Å². The van der Waals surface area contributed by atoms with Gasteiger partial charge in [0.05, 0.1) is 18.6 Å². The lowest BCUT2D eigenvalue weighted by Crippen LogP contribution is -2.47. The fourth-order valence-electron chi connectivity index (χ4n) is 7.52. The van der Waals surface area contributed by atoms with Gasteiger partial charge < -0.3 is 41.5 Å². The molecule has 0 aliphatic carbocycles. The third-order valence-electron chi connectivity index (χ3n) is 11.5. The lowest BCUT2D eigenvalue weighted by atomic mass is 10.0. The first-order valence-corrected chi connectivity index (χ1v) is 25.6. The van der Waals surface area contributed by atoms with E-state index in [0.717, 1.165) is 90.4 Å². The molecule has 0 aromatic rings. The summed E-state index contributed by atoms with van der Waals surface area (Å²) in [6, 6.07) is -0.620. The molecule has 3 amide bonds. The summed E-state index contributed by atoms with van der Waals surface area (Å²) in [5.41, 5.74) is 0. The largest absolute Gasteiger partial charge is 0.481 e. The molecule has 0 radical (unpaired) electrons. The van der Waals surface area contributed by atoms with E-state index in [2.05, 4.69) is 40.4 Å². The van der Waals surface area contributed by atoms with E-state index < -0.39 is 24.2 Å². The second-order valence-electron chi connectivity index (χ2n) is 17.4. The van der Waals surface area contributed by atoms with Gasteiger partial charge in [-0.15, -0.1) is 0 Å². The molecule has 360 valence electrons. The minimum Gasteiger partial charge on any atom is -0.481 e. The Bertz CT molecular complexity index is 1000. The molecule has 0 aliphatic rings. The van der Waals surface area contributed by atoms with Crippen molar-refractivity contribution in [2.45, 2.75) is 244 Å². The Labute approximate surface area is 373 Å². The average molecular weight is 868 g/mol. The van der Waals surface area contributed by atoms with E-state index in [-0.39, 0.29) is 31.3 Å². The monoisotopic (exact) mass is 868 g/mol. The molecular formula is C49H97N5O7. The third-order valence-corrected chi connectivity index (χ3v) is 11.5. The highest BCUT2D eigenvalue weighted by molar-refractivity contribution is 5.80. The number of aliphatic hydroxyl groups excluding tert-OH is 1. The van der Waals surface area contributed by atoms with Gasteiger partial charge in [-0.2, -0.15) is 0 Å². The van der Waals surface area contributed by atoms with Gasteiger partial charge in [-0.1, -0.05) is 174 Å². The van der Waals surface area contributed by atoms with Crippen molar-refractivity contribution in [1.29, 1.82) is 0 Å². The van der Waals surface area contributed by atoms with Crippen LogP contribution < -0.4 is 26.6 Å². The second kappa shape index (κ2) is 47.0. The normalized spacial score (nSPS) is 12.2. The molecule has 0 spiro atoms. The molecule has 12 heteroatoms. The number of aliphatic carboxylic acids is 1. The van der Waals surface area contributed by atoms with Crippen LogP contribution in [-0.2, 0) is 19.1 Å².